The molecule has 1 aliphatic rings. The lowest BCUT2D eigenvalue weighted by Crippen LogP contribution is -2.38. The van der Waals surface area contributed by atoms with Gasteiger partial charge < -0.3 is 9.30 Å². The second-order valence-electron chi connectivity index (χ2n) is 10.2. The predicted octanol–water partition coefficient (Wildman–Crippen LogP) is 6.90. The topological polar surface area (TPSA) is 63.9 Å². The summed E-state index contributed by atoms with van der Waals surface area (Å²) in [6.07, 6.45) is 3.75. The van der Waals surface area contributed by atoms with Gasteiger partial charge in [0.25, 0.3) is 0 Å². The summed E-state index contributed by atoms with van der Waals surface area (Å²) in [6.45, 7) is 6.71. The van der Waals surface area contributed by atoms with Crippen LogP contribution >= 0.6 is 11.3 Å². The zero-order valence-electron chi connectivity index (χ0n) is 23.2. The van der Waals surface area contributed by atoms with E-state index in [9.17, 15) is 8.42 Å². The van der Waals surface area contributed by atoms with E-state index in [1.54, 1.807) is 27.8 Å². The van der Waals surface area contributed by atoms with Crippen LogP contribution in [-0.4, -0.2) is 37.0 Å². The second kappa shape index (κ2) is 13.0. The summed E-state index contributed by atoms with van der Waals surface area (Å²) >= 11 is 1.59. The van der Waals surface area contributed by atoms with E-state index < -0.39 is 10.0 Å². The molecule has 40 heavy (non-hydrogen) atoms. The van der Waals surface area contributed by atoms with Crippen LogP contribution in [0.2, 0.25) is 0 Å². The quantitative estimate of drug-likeness (QED) is 0.207. The number of rotatable bonds is 10. The number of hydrogen-bond donors (Lipinski definition) is 0. The molecule has 2 heterocycles. The molecule has 3 aromatic carbocycles. The summed E-state index contributed by atoms with van der Waals surface area (Å²) in [5.41, 5.74) is 4.22. The normalized spacial score (nSPS) is 15.4. The van der Waals surface area contributed by atoms with Gasteiger partial charge in [-0.3, -0.25) is 0 Å². The third-order valence-corrected chi connectivity index (χ3v) is 10.1. The van der Waals surface area contributed by atoms with Gasteiger partial charge in [-0.25, -0.2) is 13.4 Å². The molecule has 0 spiro atoms. The van der Waals surface area contributed by atoms with Crippen LogP contribution in [0.25, 0.3) is 11.3 Å². The van der Waals surface area contributed by atoms with E-state index >= 15 is 0 Å². The van der Waals surface area contributed by atoms with Gasteiger partial charge in [-0.15, -0.1) is 11.3 Å². The van der Waals surface area contributed by atoms with E-state index in [-0.39, 0.29) is 0 Å². The Bertz CT molecular complexity index is 1550. The number of sulfonamides is 1. The summed E-state index contributed by atoms with van der Waals surface area (Å²) in [5, 5.41) is 2.10. The van der Waals surface area contributed by atoms with Crippen LogP contribution in [0.5, 0.6) is 5.75 Å². The van der Waals surface area contributed by atoms with Crippen molar-refractivity contribution in [3.05, 3.63) is 94.6 Å². The maximum Gasteiger partial charge on any atom is 0.243 e. The van der Waals surface area contributed by atoms with Crippen molar-refractivity contribution in [2.75, 3.05) is 19.7 Å². The van der Waals surface area contributed by atoms with E-state index in [4.69, 9.17) is 9.73 Å². The SMILES string of the molecule is CCCn1c(-c2ccc(S(=O)(=O)N3CCC(Cc4ccccc4)CC3)cc2)csc1=Nc1ccc(OCC)cc1. The van der Waals surface area contributed by atoms with Crippen molar-refractivity contribution >= 4 is 27.0 Å². The molecule has 0 radical (unpaired) electrons. The van der Waals surface area contributed by atoms with Gasteiger partial charge >= 0.3 is 0 Å². The summed E-state index contributed by atoms with van der Waals surface area (Å²) in [4.78, 5) is 6.15. The van der Waals surface area contributed by atoms with Crippen LogP contribution in [0.15, 0.2) is 94.1 Å². The van der Waals surface area contributed by atoms with Crippen molar-refractivity contribution in [2.24, 2.45) is 10.9 Å². The molecule has 1 aliphatic heterocycles. The Balaban J connectivity index is 1.30. The van der Waals surface area contributed by atoms with Gasteiger partial charge in [-0.2, -0.15) is 4.31 Å². The van der Waals surface area contributed by atoms with Gasteiger partial charge in [0.15, 0.2) is 4.80 Å². The molecule has 4 aromatic rings. The van der Waals surface area contributed by atoms with Crippen molar-refractivity contribution < 1.29 is 13.2 Å². The minimum absolute atomic E-state index is 0.356. The Kier molecular flexibility index (Phi) is 9.19. The molecular formula is C32H37N3O3S2. The molecule has 0 aliphatic carbocycles. The Morgan fingerprint density at radius 3 is 2.27 bits per heavy atom. The fourth-order valence-electron chi connectivity index (χ4n) is 5.23. The molecule has 6 nitrogen and oxygen atoms in total. The van der Waals surface area contributed by atoms with Crippen LogP contribution in [0, 0.1) is 5.92 Å². The molecule has 210 valence electrons. The minimum atomic E-state index is -3.52. The number of piperidine rings is 1. The Morgan fingerprint density at radius 1 is 0.925 bits per heavy atom. The smallest absolute Gasteiger partial charge is 0.243 e. The summed E-state index contributed by atoms with van der Waals surface area (Å²) in [7, 11) is -3.52. The summed E-state index contributed by atoms with van der Waals surface area (Å²) in [6, 6.07) is 25.6. The van der Waals surface area contributed by atoms with E-state index in [2.05, 4.69) is 41.1 Å². The third-order valence-electron chi connectivity index (χ3n) is 7.35. The second-order valence-corrected chi connectivity index (χ2v) is 12.9. The molecule has 0 saturated carbocycles. The molecule has 0 amide bonds. The Morgan fingerprint density at radius 2 is 1.62 bits per heavy atom. The third kappa shape index (κ3) is 6.57. The molecule has 1 aromatic heterocycles. The minimum Gasteiger partial charge on any atom is -0.494 e. The highest BCUT2D eigenvalue weighted by Gasteiger charge is 2.29. The lowest BCUT2D eigenvalue weighted by atomic mass is 9.91. The molecular weight excluding hydrogens is 539 g/mol. The number of benzene rings is 3. The van der Waals surface area contributed by atoms with Gasteiger partial charge in [0.1, 0.15) is 5.75 Å². The fraction of sp³-hybridized carbons (Fsp3) is 0.344. The molecule has 5 rings (SSSR count). The van der Waals surface area contributed by atoms with Gasteiger partial charge in [-0.05, 0) is 86.1 Å². The highest BCUT2D eigenvalue weighted by atomic mass is 32.2. The van der Waals surface area contributed by atoms with E-state index in [1.165, 1.54) is 5.56 Å². The van der Waals surface area contributed by atoms with Crippen LogP contribution in [0.1, 0.15) is 38.7 Å². The fourth-order valence-corrected chi connectivity index (χ4v) is 7.66. The van der Waals surface area contributed by atoms with E-state index in [1.807, 2.05) is 49.4 Å². The van der Waals surface area contributed by atoms with E-state index in [0.29, 0.717) is 30.5 Å². The average molecular weight is 576 g/mol. The van der Waals surface area contributed by atoms with Crippen LogP contribution in [-0.2, 0) is 23.0 Å². The van der Waals surface area contributed by atoms with Crippen molar-refractivity contribution in [3.63, 3.8) is 0 Å². The maximum absolute atomic E-state index is 13.4. The predicted molar refractivity (Wildman–Crippen MR) is 162 cm³/mol. The van der Waals surface area contributed by atoms with Crippen LogP contribution in [0.4, 0.5) is 5.69 Å². The highest BCUT2D eigenvalue weighted by Crippen LogP contribution is 2.28. The Hall–Kier alpha value is -3.20. The van der Waals surface area contributed by atoms with Gasteiger partial charge in [-0.1, -0.05) is 49.4 Å². The van der Waals surface area contributed by atoms with Crippen molar-refractivity contribution in [3.8, 4) is 17.0 Å². The first-order valence-corrected chi connectivity index (χ1v) is 16.4. The standard InChI is InChI=1S/C32H37N3O3S2/c1-3-20-35-31(24-39-32(35)33-28-12-14-29(15-13-28)38-4-2)27-10-16-30(17-11-27)40(36,37)34-21-18-26(19-22-34)23-25-8-6-5-7-9-25/h5-17,24,26H,3-4,18-23H2,1-2H3. The zero-order valence-corrected chi connectivity index (χ0v) is 24.8. The molecule has 0 unspecified atom stereocenters. The maximum atomic E-state index is 13.4. The van der Waals surface area contributed by atoms with Gasteiger partial charge in [0.2, 0.25) is 10.0 Å². The zero-order chi connectivity index (χ0) is 28.0. The number of nitrogens with zero attached hydrogens (tertiary/aromatic N) is 3. The van der Waals surface area contributed by atoms with Crippen LogP contribution < -0.4 is 9.54 Å². The summed E-state index contributed by atoms with van der Waals surface area (Å²) < 4.78 is 36.3. The molecule has 1 saturated heterocycles. The first kappa shape index (κ1) is 28.3. The van der Waals surface area contributed by atoms with Gasteiger partial charge in [0.05, 0.1) is 22.9 Å². The van der Waals surface area contributed by atoms with Crippen molar-refractivity contribution in [1.82, 2.24) is 8.87 Å². The number of hydrogen-bond acceptors (Lipinski definition) is 5. The molecule has 0 bridgehead atoms. The molecule has 0 atom stereocenters. The monoisotopic (exact) mass is 575 g/mol. The average Bonchev–Trinajstić information content (AvgIpc) is 3.37. The van der Waals surface area contributed by atoms with E-state index in [0.717, 1.165) is 59.7 Å². The Labute approximate surface area is 241 Å². The first-order chi connectivity index (χ1) is 19.5. The highest BCUT2D eigenvalue weighted by molar-refractivity contribution is 7.89. The number of aromatic nitrogens is 1. The molecule has 8 heteroatoms. The number of thiazole rings is 1. The van der Waals surface area contributed by atoms with Crippen LogP contribution in [0.3, 0.4) is 0 Å². The number of ether oxygens (including phenoxy) is 1. The summed E-state index contributed by atoms with van der Waals surface area (Å²) in [5.74, 6) is 1.35. The van der Waals surface area contributed by atoms with Gasteiger partial charge in [0, 0.05) is 25.0 Å². The van der Waals surface area contributed by atoms with Crippen molar-refractivity contribution in [2.45, 2.75) is 51.0 Å². The molecule has 0 N–H and O–H groups in total. The van der Waals surface area contributed by atoms with Crippen molar-refractivity contribution in [1.29, 1.82) is 0 Å². The lowest BCUT2D eigenvalue weighted by Gasteiger charge is -2.31. The molecule has 1 fully saturated rings. The largest absolute Gasteiger partial charge is 0.494 e. The first-order valence-electron chi connectivity index (χ1n) is 14.1. The lowest BCUT2D eigenvalue weighted by molar-refractivity contribution is 0.273.